The Morgan fingerprint density at radius 1 is 1.62 bits per heavy atom. The summed E-state index contributed by atoms with van der Waals surface area (Å²) in [6.07, 6.45) is 0.326. The third kappa shape index (κ3) is 2.49. The average molecular weight is 246 g/mol. The maximum Gasteiger partial charge on any atom is 0.331 e. The van der Waals surface area contributed by atoms with Gasteiger partial charge in [0.05, 0.1) is 0 Å². The van der Waals surface area contributed by atoms with E-state index in [0.717, 1.165) is 11.0 Å². The molecule has 0 heterocycles. The van der Waals surface area contributed by atoms with Gasteiger partial charge in [-0.05, 0) is 12.1 Å². The van der Waals surface area contributed by atoms with Gasteiger partial charge >= 0.3 is 5.97 Å². The average Bonchev–Trinajstić information content (AvgIpc) is 2.21. The molecule has 0 aliphatic rings. The van der Waals surface area contributed by atoms with Gasteiger partial charge in [0.2, 0.25) is 6.41 Å². The minimum atomic E-state index is -1.35. The Labute approximate surface area is 96.2 Å². The lowest BCUT2D eigenvalue weighted by molar-refractivity contribution is -0.145. The summed E-state index contributed by atoms with van der Waals surface area (Å²) in [4.78, 5) is 22.3. The highest BCUT2D eigenvalue weighted by Crippen LogP contribution is 2.24. The third-order valence-corrected chi connectivity index (χ3v) is 2.30. The topological polar surface area (TPSA) is 57.6 Å². The zero-order valence-corrected chi connectivity index (χ0v) is 9.11. The second-order valence-corrected chi connectivity index (χ2v) is 3.61. The van der Waals surface area contributed by atoms with Crippen LogP contribution in [0.1, 0.15) is 11.6 Å². The van der Waals surface area contributed by atoms with E-state index in [1.54, 1.807) is 0 Å². The number of likely N-dealkylation sites (N-methyl/N-ethyl adjacent to an activating group) is 1. The second-order valence-electron chi connectivity index (χ2n) is 3.18. The van der Waals surface area contributed by atoms with Crippen LogP contribution in [0.2, 0.25) is 5.02 Å². The van der Waals surface area contributed by atoms with E-state index in [0.29, 0.717) is 6.41 Å². The summed E-state index contributed by atoms with van der Waals surface area (Å²) in [5.41, 5.74) is -0.105. The Morgan fingerprint density at radius 3 is 2.69 bits per heavy atom. The molecule has 0 bridgehead atoms. The molecule has 0 aromatic heterocycles. The molecule has 0 saturated heterocycles. The number of halogens is 2. The number of carboxylic acid groups (broad SMARTS) is 1. The second kappa shape index (κ2) is 4.94. The van der Waals surface area contributed by atoms with Crippen LogP contribution in [0.5, 0.6) is 0 Å². The Balaban J connectivity index is 3.21. The maximum absolute atomic E-state index is 13.5. The Morgan fingerprint density at radius 2 is 2.25 bits per heavy atom. The molecular formula is C10H9ClFNO3. The van der Waals surface area contributed by atoms with Crippen molar-refractivity contribution in [2.75, 3.05) is 7.05 Å². The summed E-state index contributed by atoms with van der Waals surface area (Å²) in [5, 5.41) is 9.09. The van der Waals surface area contributed by atoms with E-state index >= 15 is 0 Å². The number of carboxylic acids is 1. The van der Waals surface area contributed by atoms with E-state index in [1.165, 1.54) is 19.2 Å². The fourth-order valence-electron chi connectivity index (χ4n) is 1.31. The molecule has 0 aliphatic heterocycles. The first-order valence-electron chi connectivity index (χ1n) is 4.32. The molecule has 4 nitrogen and oxygen atoms in total. The summed E-state index contributed by atoms with van der Waals surface area (Å²) in [6.45, 7) is 0. The zero-order valence-electron chi connectivity index (χ0n) is 8.35. The van der Waals surface area contributed by atoms with Crippen LogP contribution < -0.4 is 0 Å². The van der Waals surface area contributed by atoms with Gasteiger partial charge in [0.1, 0.15) is 5.82 Å². The molecule has 1 rings (SSSR count). The van der Waals surface area contributed by atoms with Gasteiger partial charge in [-0.3, -0.25) is 4.79 Å². The van der Waals surface area contributed by atoms with Crippen LogP contribution in [-0.2, 0) is 9.59 Å². The normalized spacial score (nSPS) is 11.9. The quantitative estimate of drug-likeness (QED) is 0.822. The first kappa shape index (κ1) is 12.4. The van der Waals surface area contributed by atoms with Gasteiger partial charge in [0.15, 0.2) is 6.04 Å². The molecule has 0 spiro atoms. The van der Waals surface area contributed by atoms with Crippen LogP contribution in [0, 0.1) is 5.82 Å². The molecule has 6 heteroatoms. The number of hydrogen-bond acceptors (Lipinski definition) is 2. The molecule has 0 radical (unpaired) electrons. The largest absolute Gasteiger partial charge is 0.479 e. The number of aliphatic carboxylic acids is 1. The number of carbonyl (C=O) groups is 2. The highest BCUT2D eigenvalue weighted by Gasteiger charge is 2.26. The summed E-state index contributed by atoms with van der Waals surface area (Å²) in [7, 11) is 1.26. The molecule has 1 aromatic rings. The van der Waals surface area contributed by atoms with Crippen molar-refractivity contribution in [3.8, 4) is 0 Å². The van der Waals surface area contributed by atoms with Gasteiger partial charge < -0.3 is 10.0 Å². The van der Waals surface area contributed by atoms with Crippen molar-refractivity contribution < 1.29 is 19.1 Å². The maximum atomic E-state index is 13.5. The molecule has 86 valence electrons. The summed E-state index contributed by atoms with van der Waals surface area (Å²) < 4.78 is 13.5. The minimum absolute atomic E-state index is 0.105. The molecule has 0 aliphatic carbocycles. The van der Waals surface area contributed by atoms with Crippen molar-refractivity contribution in [1.29, 1.82) is 0 Å². The number of benzene rings is 1. The Hall–Kier alpha value is -1.62. The van der Waals surface area contributed by atoms with Gasteiger partial charge in [-0.25, -0.2) is 9.18 Å². The molecule has 1 unspecified atom stereocenters. The Kier molecular flexibility index (Phi) is 3.84. The van der Waals surface area contributed by atoms with Crippen molar-refractivity contribution in [2.24, 2.45) is 0 Å². The third-order valence-electron chi connectivity index (χ3n) is 2.06. The zero-order chi connectivity index (χ0) is 12.3. The van der Waals surface area contributed by atoms with Gasteiger partial charge in [-0.1, -0.05) is 17.7 Å². The lowest BCUT2D eigenvalue weighted by atomic mass is 10.1. The van der Waals surface area contributed by atoms with Crippen LogP contribution in [0.15, 0.2) is 18.2 Å². The molecule has 1 atom stereocenters. The predicted molar refractivity (Wildman–Crippen MR) is 55.6 cm³/mol. The summed E-state index contributed by atoms with van der Waals surface area (Å²) >= 11 is 5.54. The smallest absolute Gasteiger partial charge is 0.331 e. The first-order valence-corrected chi connectivity index (χ1v) is 4.70. The number of carbonyl (C=O) groups excluding carboxylic acids is 1. The lowest BCUT2D eigenvalue weighted by Gasteiger charge is -2.21. The summed E-state index contributed by atoms with van der Waals surface area (Å²) in [6, 6.07) is 2.27. The SMILES string of the molecule is CN(C=O)C(C(=O)O)c1ccc(Cl)cc1F. The van der Waals surface area contributed by atoms with Crippen LogP contribution in [0.3, 0.4) is 0 Å². The van der Waals surface area contributed by atoms with Crippen molar-refractivity contribution in [1.82, 2.24) is 4.90 Å². The van der Waals surface area contributed by atoms with Crippen LogP contribution >= 0.6 is 11.6 Å². The van der Waals surface area contributed by atoms with Gasteiger partial charge in [-0.15, -0.1) is 0 Å². The highest BCUT2D eigenvalue weighted by atomic mass is 35.5. The predicted octanol–water partition coefficient (Wildman–Crippen LogP) is 1.69. The first-order chi connectivity index (χ1) is 7.47. The monoisotopic (exact) mass is 245 g/mol. The van der Waals surface area contributed by atoms with Crippen molar-refractivity contribution in [3.63, 3.8) is 0 Å². The van der Waals surface area contributed by atoms with E-state index in [-0.39, 0.29) is 10.6 Å². The van der Waals surface area contributed by atoms with Gasteiger partial charge in [0.25, 0.3) is 0 Å². The number of amides is 1. The number of rotatable bonds is 4. The van der Waals surface area contributed by atoms with Gasteiger partial charge in [0, 0.05) is 17.6 Å². The number of hydrogen-bond donors (Lipinski definition) is 1. The highest BCUT2D eigenvalue weighted by molar-refractivity contribution is 6.30. The molecule has 1 aromatic carbocycles. The molecule has 1 N–H and O–H groups in total. The van der Waals surface area contributed by atoms with Crippen molar-refractivity contribution in [2.45, 2.75) is 6.04 Å². The van der Waals surface area contributed by atoms with Crippen molar-refractivity contribution >= 4 is 24.0 Å². The molecule has 0 fully saturated rings. The Bertz CT molecular complexity index is 425. The molecule has 16 heavy (non-hydrogen) atoms. The van der Waals surface area contributed by atoms with Crippen LogP contribution in [0.4, 0.5) is 4.39 Å². The fourth-order valence-corrected chi connectivity index (χ4v) is 1.47. The van der Waals surface area contributed by atoms with E-state index in [1.807, 2.05) is 0 Å². The van der Waals surface area contributed by atoms with Crippen LogP contribution in [0.25, 0.3) is 0 Å². The lowest BCUT2D eigenvalue weighted by Crippen LogP contribution is -2.30. The van der Waals surface area contributed by atoms with E-state index in [9.17, 15) is 14.0 Å². The van der Waals surface area contributed by atoms with E-state index in [4.69, 9.17) is 16.7 Å². The van der Waals surface area contributed by atoms with Crippen molar-refractivity contribution in [3.05, 3.63) is 34.6 Å². The van der Waals surface area contributed by atoms with E-state index in [2.05, 4.69) is 0 Å². The van der Waals surface area contributed by atoms with E-state index < -0.39 is 17.8 Å². The minimum Gasteiger partial charge on any atom is -0.479 e. The standard InChI is InChI=1S/C10H9ClFNO3/c1-13(5-14)9(10(15)16)7-3-2-6(11)4-8(7)12/h2-5,9H,1H3,(H,15,16). The van der Waals surface area contributed by atoms with Crippen LogP contribution in [-0.4, -0.2) is 29.4 Å². The molecule has 1 amide bonds. The fraction of sp³-hybridized carbons (Fsp3) is 0.200. The molecular weight excluding hydrogens is 237 g/mol. The summed E-state index contributed by atoms with van der Waals surface area (Å²) in [5.74, 6) is -2.07. The van der Waals surface area contributed by atoms with Gasteiger partial charge in [-0.2, -0.15) is 0 Å². The molecule has 0 saturated carbocycles. The number of nitrogens with zero attached hydrogens (tertiary/aromatic N) is 1.